The molecule has 1 aromatic heterocycles. The second-order valence-corrected chi connectivity index (χ2v) is 5.97. The SMILES string of the molecule is COc1ccc(-c2noc(CNC(=O)c3cccc([N+](=O)[O-])c3C)n2)c(OC)c1. The van der Waals surface area contributed by atoms with E-state index in [4.69, 9.17) is 14.0 Å². The molecule has 2 aromatic carbocycles. The fourth-order valence-electron chi connectivity index (χ4n) is 2.74. The number of carbonyl (C=O) groups excluding carboxylic acids is 1. The van der Waals surface area contributed by atoms with Gasteiger partial charge in [0.1, 0.15) is 11.5 Å². The van der Waals surface area contributed by atoms with Crippen LogP contribution >= 0.6 is 0 Å². The average molecular weight is 398 g/mol. The van der Waals surface area contributed by atoms with E-state index in [1.807, 2.05) is 0 Å². The standard InChI is InChI=1S/C19H18N4O6/c1-11-13(5-4-6-15(11)23(25)26)19(24)20-10-17-21-18(22-29-17)14-8-7-12(27-2)9-16(14)28-3/h4-9H,10H2,1-3H3,(H,20,24). The summed E-state index contributed by atoms with van der Waals surface area (Å²) in [7, 11) is 3.06. The van der Waals surface area contributed by atoms with Crippen molar-refractivity contribution in [3.8, 4) is 22.9 Å². The molecule has 3 rings (SSSR count). The molecule has 0 saturated heterocycles. The van der Waals surface area contributed by atoms with Crippen molar-refractivity contribution in [1.82, 2.24) is 15.5 Å². The molecule has 10 heteroatoms. The van der Waals surface area contributed by atoms with Crippen molar-refractivity contribution >= 4 is 11.6 Å². The molecular weight excluding hydrogens is 380 g/mol. The van der Waals surface area contributed by atoms with Crippen LogP contribution in [0.1, 0.15) is 21.8 Å². The highest BCUT2D eigenvalue weighted by molar-refractivity contribution is 5.96. The lowest BCUT2D eigenvalue weighted by Gasteiger charge is -2.07. The Labute approximate surface area is 165 Å². The number of benzene rings is 2. The van der Waals surface area contributed by atoms with Gasteiger partial charge in [-0.1, -0.05) is 11.2 Å². The third kappa shape index (κ3) is 4.15. The lowest BCUT2D eigenvalue weighted by molar-refractivity contribution is -0.385. The second kappa shape index (κ2) is 8.38. The van der Waals surface area contributed by atoms with E-state index in [0.29, 0.717) is 22.9 Å². The second-order valence-electron chi connectivity index (χ2n) is 5.97. The molecule has 0 aliphatic carbocycles. The van der Waals surface area contributed by atoms with Gasteiger partial charge in [0.15, 0.2) is 0 Å². The Morgan fingerprint density at radius 3 is 2.72 bits per heavy atom. The highest BCUT2D eigenvalue weighted by Crippen LogP contribution is 2.31. The summed E-state index contributed by atoms with van der Waals surface area (Å²) in [5.41, 5.74) is 0.966. The number of aromatic nitrogens is 2. The molecule has 0 saturated carbocycles. The van der Waals surface area contributed by atoms with E-state index in [0.717, 1.165) is 0 Å². The summed E-state index contributed by atoms with van der Waals surface area (Å²) >= 11 is 0. The fourth-order valence-corrected chi connectivity index (χ4v) is 2.74. The minimum Gasteiger partial charge on any atom is -0.497 e. The monoisotopic (exact) mass is 398 g/mol. The van der Waals surface area contributed by atoms with Gasteiger partial charge in [-0.3, -0.25) is 14.9 Å². The zero-order valence-corrected chi connectivity index (χ0v) is 16.0. The first-order chi connectivity index (χ1) is 13.9. The molecule has 29 heavy (non-hydrogen) atoms. The predicted molar refractivity (Wildman–Crippen MR) is 102 cm³/mol. The molecule has 150 valence electrons. The smallest absolute Gasteiger partial charge is 0.273 e. The van der Waals surface area contributed by atoms with Crippen LogP contribution in [0.4, 0.5) is 5.69 Å². The summed E-state index contributed by atoms with van der Waals surface area (Å²) in [6.45, 7) is 1.49. The number of nitrogens with one attached hydrogen (secondary N) is 1. The van der Waals surface area contributed by atoms with E-state index in [1.165, 1.54) is 32.2 Å². The molecule has 3 aromatic rings. The van der Waals surface area contributed by atoms with Crippen molar-refractivity contribution < 1.29 is 23.7 Å². The highest BCUT2D eigenvalue weighted by Gasteiger charge is 2.19. The molecule has 0 radical (unpaired) electrons. The Hall–Kier alpha value is -3.95. The Morgan fingerprint density at radius 2 is 2.03 bits per heavy atom. The molecule has 0 fully saturated rings. The van der Waals surface area contributed by atoms with Crippen LogP contribution in [0.5, 0.6) is 11.5 Å². The van der Waals surface area contributed by atoms with Gasteiger partial charge < -0.3 is 19.3 Å². The maximum atomic E-state index is 12.4. The molecule has 0 unspecified atom stereocenters. The van der Waals surface area contributed by atoms with Gasteiger partial charge in [0.05, 0.1) is 31.3 Å². The van der Waals surface area contributed by atoms with Crippen LogP contribution in [0.15, 0.2) is 40.9 Å². The molecule has 0 aliphatic rings. The number of hydrogen-bond donors (Lipinski definition) is 1. The Morgan fingerprint density at radius 1 is 1.24 bits per heavy atom. The van der Waals surface area contributed by atoms with Crippen LogP contribution in [0, 0.1) is 17.0 Å². The molecule has 1 amide bonds. The molecule has 0 aliphatic heterocycles. The molecular formula is C19H18N4O6. The van der Waals surface area contributed by atoms with E-state index in [-0.39, 0.29) is 29.2 Å². The van der Waals surface area contributed by atoms with Gasteiger partial charge in [-0.2, -0.15) is 4.98 Å². The van der Waals surface area contributed by atoms with Crippen LogP contribution in [0.25, 0.3) is 11.4 Å². The number of amides is 1. The summed E-state index contributed by atoms with van der Waals surface area (Å²) in [5.74, 6) is 1.12. The van der Waals surface area contributed by atoms with Crippen molar-refractivity contribution in [2.24, 2.45) is 0 Å². The zero-order chi connectivity index (χ0) is 21.0. The van der Waals surface area contributed by atoms with E-state index >= 15 is 0 Å². The number of methoxy groups -OCH3 is 2. The summed E-state index contributed by atoms with van der Waals surface area (Å²) in [6, 6.07) is 9.48. The first kappa shape index (κ1) is 19.8. The number of nitro groups is 1. The van der Waals surface area contributed by atoms with Gasteiger partial charge in [-0.05, 0) is 25.1 Å². The van der Waals surface area contributed by atoms with Crippen molar-refractivity contribution in [2.75, 3.05) is 14.2 Å². The molecule has 0 spiro atoms. The van der Waals surface area contributed by atoms with Crippen LogP contribution in [-0.4, -0.2) is 35.2 Å². The highest BCUT2D eigenvalue weighted by atomic mass is 16.6. The summed E-state index contributed by atoms with van der Waals surface area (Å²) < 4.78 is 15.7. The number of nitro benzene ring substituents is 1. The normalized spacial score (nSPS) is 10.4. The Kier molecular flexibility index (Phi) is 5.72. The van der Waals surface area contributed by atoms with Crippen molar-refractivity contribution in [3.05, 3.63) is 63.5 Å². The Bertz CT molecular complexity index is 1060. The number of nitrogens with zero attached hydrogens (tertiary/aromatic N) is 3. The van der Waals surface area contributed by atoms with Crippen LogP contribution in [0.2, 0.25) is 0 Å². The molecule has 1 N–H and O–H groups in total. The van der Waals surface area contributed by atoms with Crippen molar-refractivity contribution in [3.63, 3.8) is 0 Å². The molecule has 0 atom stereocenters. The number of hydrogen-bond acceptors (Lipinski definition) is 8. The maximum Gasteiger partial charge on any atom is 0.273 e. The largest absolute Gasteiger partial charge is 0.497 e. The summed E-state index contributed by atoms with van der Waals surface area (Å²) in [6.07, 6.45) is 0. The average Bonchev–Trinajstić information content (AvgIpc) is 3.20. The van der Waals surface area contributed by atoms with Gasteiger partial charge in [-0.15, -0.1) is 0 Å². The predicted octanol–water partition coefficient (Wildman–Crippen LogP) is 2.90. The van der Waals surface area contributed by atoms with Crippen molar-refractivity contribution in [2.45, 2.75) is 13.5 Å². The molecule has 0 bridgehead atoms. The van der Waals surface area contributed by atoms with Gasteiger partial charge in [0, 0.05) is 23.3 Å². The number of rotatable bonds is 7. The number of ether oxygens (including phenoxy) is 2. The quantitative estimate of drug-likeness (QED) is 0.475. The van der Waals surface area contributed by atoms with Gasteiger partial charge >= 0.3 is 0 Å². The number of carbonyl (C=O) groups is 1. The van der Waals surface area contributed by atoms with E-state index < -0.39 is 10.8 Å². The third-order valence-corrected chi connectivity index (χ3v) is 4.26. The topological polar surface area (TPSA) is 130 Å². The van der Waals surface area contributed by atoms with Gasteiger partial charge in [0.25, 0.3) is 11.6 Å². The van der Waals surface area contributed by atoms with Crippen molar-refractivity contribution in [1.29, 1.82) is 0 Å². The Balaban J connectivity index is 1.74. The fraction of sp³-hybridized carbons (Fsp3) is 0.211. The summed E-state index contributed by atoms with van der Waals surface area (Å²) in [4.78, 5) is 27.2. The zero-order valence-electron chi connectivity index (χ0n) is 16.0. The summed E-state index contributed by atoms with van der Waals surface area (Å²) in [5, 5.41) is 17.6. The van der Waals surface area contributed by atoms with Gasteiger partial charge in [-0.25, -0.2) is 0 Å². The third-order valence-electron chi connectivity index (χ3n) is 4.26. The first-order valence-electron chi connectivity index (χ1n) is 8.51. The van der Waals surface area contributed by atoms with E-state index in [2.05, 4.69) is 15.5 Å². The van der Waals surface area contributed by atoms with Crippen LogP contribution < -0.4 is 14.8 Å². The van der Waals surface area contributed by atoms with Crippen LogP contribution in [-0.2, 0) is 6.54 Å². The minimum atomic E-state index is -0.529. The van der Waals surface area contributed by atoms with Crippen LogP contribution in [0.3, 0.4) is 0 Å². The first-order valence-corrected chi connectivity index (χ1v) is 8.51. The molecule has 1 heterocycles. The molecule has 10 nitrogen and oxygen atoms in total. The lowest BCUT2D eigenvalue weighted by atomic mass is 10.1. The lowest BCUT2D eigenvalue weighted by Crippen LogP contribution is -2.24. The van der Waals surface area contributed by atoms with Gasteiger partial charge in [0.2, 0.25) is 11.7 Å². The minimum absolute atomic E-state index is 0.0353. The van der Waals surface area contributed by atoms with E-state index in [9.17, 15) is 14.9 Å². The maximum absolute atomic E-state index is 12.4. The van der Waals surface area contributed by atoms with E-state index in [1.54, 1.807) is 25.3 Å².